The lowest BCUT2D eigenvalue weighted by molar-refractivity contribution is -0.125. The number of carbonyl (C=O) groups excluding carboxylic acids is 2. The molecule has 0 aliphatic heterocycles. The van der Waals surface area contributed by atoms with Crippen molar-refractivity contribution < 1.29 is 9.59 Å². The van der Waals surface area contributed by atoms with Crippen molar-refractivity contribution in [1.82, 2.24) is 16.0 Å². The molecule has 0 bridgehead atoms. The Morgan fingerprint density at radius 2 is 1.67 bits per heavy atom. The van der Waals surface area contributed by atoms with Crippen molar-refractivity contribution in [3.05, 3.63) is 35.9 Å². The first-order chi connectivity index (χ1) is 11.5. The molecular formula is C19H29N3O2. The molecule has 132 valence electrons. The van der Waals surface area contributed by atoms with Gasteiger partial charge in [0.15, 0.2) is 0 Å². The van der Waals surface area contributed by atoms with E-state index in [1.54, 1.807) is 7.05 Å². The molecule has 0 spiro atoms. The molecule has 3 N–H and O–H groups in total. The van der Waals surface area contributed by atoms with Gasteiger partial charge in [-0.1, -0.05) is 44.2 Å². The predicted molar refractivity (Wildman–Crippen MR) is 95.5 cm³/mol. The number of amides is 3. The van der Waals surface area contributed by atoms with E-state index in [1.807, 2.05) is 30.3 Å². The molecule has 1 aromatic carbocycles. The Labute approximate surface area is 144 Å². The summed E-state index contributed by atoms with van der Waals surface area (Å²) in [5.74, 6) is 0.507. The van der Waals surface area contributed by atoms with Gasteiger partial charge in [0.2, 0.25) is 5.91 Å². The van der Waals surface area contributed by atoms with Crippen molar-refractivity contribution in [3.63, 3.8) is 0 Å². The first-order valence-corrected chi connectivity index (χ1v) is 8.84. The van der Waals surface area contributed by atoms with Crippen molar-refractivity contribution in [1.29, 1.82) is 0 Å². The van der Waals surface area contributed by atoms with Crippen LogP contribution < -0.4 is 16.0 Å². The molecule has 24 heavy (non-hydrogen) atoms. The van der Waals surface area contributed by atoms with Crippen LogP contribution in [0.1, 0.15) is 51.1 Å². The molecule has 1 aliphatic rings. The fourth-order valence-electron chi connectivity index (χ4n) is 3.37. The molecule has 2 rings (SSSR count). The van der Waals surface area contributed by atoms with E-state index in [9.17, 15) is 9.59 Å². The topological polar surface area (TPSA) is 70.2 Å². The van der Waals surface area contributed by atoms with E-state index in [1.165, 1.54) is 0 Å². The first kappa shape index (κ1) is 18.3. The minimum absolute atomic E-state index is 0.00610. The zero-order valence-corrected chi connectivity index (χ0v) is 14.8. The maximum Gasteiger partial charge on any atom is 0.315 e. The van der Waals surface area contributed by atoms with E-state index in [0.29, 0.717) is 5.92 Å². The van der Waals surface area contributed by atoms with Crippen LogP contribution in [0.15, 0.2) is 30.3 Å². The molecule has 0 unspecified atom stereocenters. The van der Waals surface area contributed by atoms with E-state index in [-0.39, 0.29) is 29.9 Å². The molecule has 1 atom stereocenters. The molecule has 0 aromatic heterocycles. The zero-order valence-electron chi connectivity index (χ0n) is 14.8. The SMILES string of the molecule is CNC(=O)C1CCC(NC(=O)N[C@H](c2ccccc2)C(C)C)CC1. The standard InChI is InChI=1S/C19H29N3O2/c1-13(2)17(14-7-5-4-6-8-14)22-19(24)21-16-11-9-15(10-12-16)18(23)20-3/h4-8,13,15-17H,9-12H2,1-3H3,(H,20,23)(H2,21,22,24)/t15?,16?,17-/m0/s1. The maximum absolute atomic E-state index is 12.4. The van der Waals surface area contributed by atoms with Crippen LogP contribution in [0.3, 0.4) is 0 Å². The number of benzene rings is 1. The summed E-state index contributed by atoms with van der Waals surface area (Å²) in [7, 11) is 1.68. The van der Waals surface area contributed by atoms with Crippen molar-refractivity contribution in [3.8, 4) is 0 Å². The quantitative estimate of drug-likeness (QED) is 0.776. The van der Waals surface area contributed by atoms with Crippen LogP contribution in [0.5, 0.6) is 0 Å². The van der Waals surface area contributed by atoms with Crippen molar-refractivity contribution in [2.24, 2.45) is 11.8 Å². The third kappa shape index (κ3) is 4.98. The van der Waals surface area contributed by atoms with E-state index in [4.69, 9.17) is 0 Å². The number of hydrogen-bond donors (Lipinski definition) is 3. The highest BCUT2D eigenvalue weighted by Gasteiger charge is 2.27. The highest BCUT2D eigenvalue weighted by molar-refractivity contribution is 5.78. The lowest BCUT2D eigenvalue weighted by Crippen LogP contribution is -2.46. The van der Waals surface area contributed by atoms with Crippen molar-refractivity contribution in [2.75, 3.05) is 7.05 Å². The van der Waals surface area contributed by atoms with Crippen LogP contribution in [0, 0.1) is 11.8 Å². The normalized spacial score (nSPS) is 21.8. The van der Waals surface area contributed by atoms with Crippen LogP contribution in [0.25, 0.3) is 0 Å². The monoisotopic (exact) mass is 331 g/mol. The van der Waals surface area contributed by atoms with Crippen molar-refractivity contribution in [2.45, 2.75) is 51.6 Å². The molecule has 1 aliphatic carbocycles. The average molecular weight is 331 g/mol. The van der Waals surface area contributed by atoms with Gasteiger partial charge in [-0.15, -0.1) is 0 Å². The van der Waals surface area contributed by atoms with E-state index < -0.39 is 0 Å². The van der Waals surface area contributed by atoms with E-state index in [2.05, 4.69) is 29.8 Å². The predicted octanol–water partition coefficient (Wildman–Crippen LogP) is 2.99. The molecule has 1 saturated carbocycles. The zero-order chi connectivity index (χ0) is 17.5. The second kappa shape index (κ2) is 8.71. The minimum atomic E-state index is -0.124. The Kier molecular flexibility index (Phi) is 6.64. The van der Waals surface area contributed by atoms with Crippen LogP contribution in [-0.4, -0.2) is 25.0 Å². The number of nitrogens with one attached hydrogen (secondary N) is 3. The summed E-state index contributed by atoms with van der Waals surface area (Å²) >= 11 is 0. The molecule has 1 fully saturated rings. The van der Waals surface area contributed by atoms with Gasteiger partial charge in [0.1, 0.15) is 0 Å². The van der Waals surface area contributed by atoms with Gasteiger partial charge in [-0.3, -0.25) is 4.79 Å². The first-order valence-electron chi connectivity index (χ1n) is 8.84. The van der Waals surface area contributed by atoms with Gasteiger partial charge in [-0.05, 0) is 37.2 Å². The van der Waals surface area contributed by atoms with Gasteiger partial charge in [-0.2, -0.15) is 0 Å². The third-order valence-corrected chi connectivity index (χ3v) is 4.79. The molecule has 1 aromatic rings. The summed E-state index contributed by atoms with van der Waals surface area (Å²) in [5.41, 5.74) is 1.12. The molecule has 5 heteroatoms. The lowest BCUT2D eigenvalue weighted by Gasteiger charge is -2.29. The van der Waals surface area contributed by atoms with Crippen molar-refractivity contribution >= 4 is 11.9 Å². The van der Waals surface area contributed by atoms with Crippen LogP contribution in [0.4, 0.5) is 4.79 Å². The Balaban J connectivity index is 1.85. The Morgan fingerprint density at radius 3 is 2.21 bits per heavy atom. The summed E-state index contributed by atoms with van der Waals surface area (Å²) in [4.78, 5) is 24.0. The average Bonchev–Trinajstić information content (AvgIpc) is 2.60. The maximum atomic E-state index is 12.4. The van der Waals surface area contributed by atoms with E-state index in [0.717, 1.165) is 31.2 Å². The molecular weight excluding hydrogens is 302 g/mol. The Morgan fingerprint density at radius 1 is 1.04 bits per heavy atom. The second-order valence-electron chi connectivity index (χ2n) is 6.91. The molecule has 3 amide bonds. The van der Waals surface area contributed by atoms with Crippen LogP contribution in [0.2, 0.25) is 0 Å². The Hall–Kier alpha value is -2.04. The van der Waals surface area contributed by atoms with Gasteiger partial charge < -0.3 is 16.0 Å². The minimum Gasteiger partial charge on any atom is -0.359 e. The highest BCUT2D eigenvalue weighted by Crippen LogP contribution is 2.25. The smallest absolute Gasteiger partial charge is 0.315 e. The summed E-state index contributed by atoms with van der Waals surface area (Å²) in [6, 6.07) is 10.1. The molecule has 0 saturated heterocycles. The lowest BCUT2D eigenvalue weighted by atomic mass is 9.85. The largest absolute Gasteiger partial charge is 0.359 e. The fraction of sp³-hybridized carbons (Fsp3) is 0.579. The Bertz CT molecular complexity index is 537. The second-order valence-corrected chi connectivity index (χ2v) is 6.91. The van der Waals surface area contributed by atoms with Gasteiger partial charge >= 0.3 is 6.03 Å². The third-order valence-electron chi connectivity index (χ3n) is 4.79. The van der Waals surface area contributed by atoms with Crippen LogP contribution >= 0.6 is 0 Å². The highest BCUT2D eigenvalue weighted by atomic mass is 16.2. The number of rotatable bonds is 5. The fourth-order valence-corrected chi connectivity index (χ4v) is 3.37. The molecule has 0 radical (unpaired) electrons. The number of carbonyl (C=O) groups is 2. The van der Waals surface area contributed by atoms with E-state index >= 15 is 0 Å². The summed E-state index contributed by atoms with van der Waals surface area (Å²) in [6.45, 7) is 4.21. The summed E-state index contributed by atoms with van der Waals surface area (Å²) in [5, 5.41) is 8.87. The van der Waals surface area contributed by atoms with Gasteiger partial charge in [-0.25, -0.2) is 4.79 Å². The van der Waals surface area contributed by atoms with Crippen LogP contribution in [-0.2, 0) is 4.79 Å². The summed E-state index contributed by atoms with van der Waals surface area (Å²) < 4.78 is 0. The molecule has 5 nitrogen and oxygen atoms in total. The van der Waals surface area contributed by atoms with Gasteiger partial charge in [0, 0.05) is 19.0 Å². The summed E-state index contributed by atoms with van der Waals surface area (Å²) in [6.07, 6.45) is 3.36. The number of hydrogen-bond acceptors (Lipinski definition) is 2. The number of urea groups is 1. The van der Waals surface area contributed by atoms with Gasteiger partial charge in [0.25, 0.3) is 0 Å². The van der Waals surface area contributed by atoms with Gasteiger partial charge in [0.05, 0.1) is 6.04 Å². The molecule has 0 heterocycles.